The van der Waals surface area contributed by atoms with E-state index in [9.17, 15) is 4.79 Å². The largest absolute Gasteiger partial charge is 0.493 e. The minimum Gasteiger partial charge on any atom is -0.493 e. The summed E-state index contributed by atoms with van der Waals surface area (Å²) in [5.74, 6) is 3.58. The fourth-order valence-electron chi connectivity index (χ4n) is 3.66. The first-order chi connectivity index (χ1) is 13.6. The molecule has 1 aliphatic carbocycles. The zero-order chi connectivity index (χ0) is 19.7. The number of thioether (sulfide) groups is 1. The highest BCUT2D eigenvalue weighted by atomic mass is 32.2. The van der Waals surface area contributed by atoms with Crippen LogP contribution in [0.25, 0.3) is 0 Å². The number of benzene rings is 1. The molecule has 1 aromatic carbocycles. The zero-order valence-corrected chi connectivity index (χ0v) is 17.4. The van der Waals surface area contributed by atoms with Gasteiger partial charge in [0.25, 0.3) is 0 Å². The van der Waals surface area contributed by atoms with Crippen LogP contribution >= 0.6 is 11.8 Å². The van der Waals surface area contributed by atoms with E-state index < -0.39 is 0 Å². The quantitative estimate of drug-likeness (QED) is 0.664. The molecule has 2 aliphatic rings. The average Bonchev–Trinajstić information content (AvgIpc) is 3.49. The van der Waals surface area contributed by atoms with Crippen molar-refractivity contribution in [2.45, 2.75) is 50.4 Å². The van der Waals surface area contributed by atoms with Crippen molar-refractivity contribution in [3.05, 3.63) is 29.1 Å². The summed E-state index contributed by atoms with van der Waals surface area (Å²) in [6.07, 6.45) is 3.22. The number of aromatic nitrogens is 3. The van der Waals surface area contributed by atoms with E-state index >= 15 is 0 Å². The maximum Gasteiger partial charge on any atom is 0.233 e. The molecule has 2 heterocycles. The molecule has 1 aliphatic heterocycles. The number of fused-ring (bicyclic) bond motifs is 1. The van der Waals surface area contributed by atoms with E-state index in [1.54, 1.807) is 14.2 Å². The van der Waals surface area contributed by atoms with Gasteiger partial charge in [-0.2, -0.15) is 0 Å². The molecule has 150 valence electrons. The number of rotatable bonds is 7. The van der Waals surface area contributed by atoms with Crippen molar-refractivity contribution in [2.75, 3.05) is 26.5 Å². The molecule has 1 amide bonds. The molecule has 1 aromatic heterocycles. The Morgan fingerprint density at radius 2 is 1.89 bits per heavy atom. The zero-order valence-electron chi connectivity index (χ0n) is 16.6. The van der Waals surface area contributed by atoms with Crippen molar-refractivity contribution in [1.82, 2.24) is 19.7 Å². The second kappa shape index (κ2) is 8.03. The van der Waals surface area contributed by atoms with Crippen molar-refractivity contribution in [1.29, 1.82) is 0 Å². The van der Waals surface area contributed by atoms with Crippen LogP contribution in [0.4, 0.5) is 0 Å². The van der Waals surface area contributed by atoms with Gasteiger partial charge in [-0.1, -0.05) is 11.8 Å². The smallest absolute Gasteiger partial charge is 0.233 e. The molecule has 0 radical (unpaired) electrons. The lowest BCUT2D eigenvalue weighted by molar-refractivity contribution is -0.129. The summed E-state index contributed by atoms with van der Waals surface area (Å²) in [5, 5.41) is 9.51. The van der Waals surface area contributed by atoms with Gasteiger partial charge in [0.15, 0.2) is 16.7 Å². The number of carbonyl (C=O) groups is 1. The van der Waals surface area contributed by atoms with Crippen molar-refractivity contribution >= 4 is 17.7 Å². The summed E-state index contributed by atoms with van der Waals surface area (Å²) < 4.78 is 12.9. The number of hydrogen-bond acceptors (Lipinski definition) is 6. The summed E-state index contributed by atoms with van der Waals surface area (Å²) >= 11 is 1.49. The van der Waals surface area contributed by atoms with E-state index in [-0.39, 0.29) is 5.91 Å². The Morgan fingerprint density at radius 3 is 2.54 bits per heavy atom. The second-order valence-electron chi connectivity index (χ2n) is 7.19. The summed E-state index contributed by atoms with van der Waals surface area (Å²) in [5.41, 5.74) is 2.34. The molecule has 7 nitrogen and oxygen atoms in total. The van der Waals surface area contributed by atoms with Crippen molar-refractivity contribution in [3.8, 4) is 11.5 Å². The molecular formula is C20H26N4O3S. The number of carbonyl (C=O) groups excluding carboxylic acids is 1. The van der Waals surface area contributed by atoms with Crippen LogP contribution in [0.3, 0.4) is 0 Å². The third-order valence-electron chi connectivity index (χ3n) is 5.40. The van der Waals surface area contributed by atoms with Crippen LogP contribution in [-0.4, -0.2) is 52.1 Å². The fourth-order valence-corrected chi connectivity index (χ4v) is 4.57. The Labute approximate surface area is 169 Å². The standard InChI is InChI=1S/C20H26N4O3S/c1-4-24-19(13-5-6-13)21-22-20(24)28-12-18(25)23-8-7-14-9-16(26-2)17(27-3)10-15(14)11-23/h9-10,13H,4-8,11-12H2,1-3H3. The summed E-state index contributed by atoms with van der Waals surface area (Å²) in [4.78, 5) is 14.7. The Morgan fingerprint density at radius 1 is 1.18 bits per heavy atom. The lowest BCUT2D eigenvalue weighted by Crippen LogP contribution is -2.37. The lowest BCUT2D eigenvalue weighted by Gasteiger charge is -2.29. The summed E-state index contributed by atoms with van der Waals surface area (Å²) in [6.45, 7) is 4.26. The first-order valence-electron chi connectivity index (χ1n) is 9.72. The molecule has 4 rings (SSSR count). The van der Waals surface area contributed by atoms with Crippen LogP contribution in [-0.2, 0) is 24.3 Å². The highest BCUT2D eigenvalue weighted by Crippen LogP contribution is 2.40. The Balaban J connectivity index is 1.41. The summed E-state index contributed by atoms with van der Waals surface area (Å²) in [6, 6.07) is 4.00. The number of ether oxygens (including phenoxy) is 2. The minimum atomic E-state index is 0.129. The number of methoxy groups -OCH3 is 2. The van der Waals surface area contributed by atoms with E-state index in [0.717, 1.165) is 41.8 Å². The van der Waals surface area contributed by atoms with Crippen LogP contribution < -0.4 is 9.47 Å². The molecule has 1 saturated carbocycles. The molecule has 2 aromatic rings. The molecule has 0 bridgehead atoms. The van der Waals surface area contributed by atoms with Gasteiger partial charge in [0.2, 0.25) is 5.91 Å². The third-order valence-corrected chi connectivity index (χ3v) is 6.35. The predicted molar refractivity (Wildman–Crippen MR) is 107 cm³/mol. The molecule has 1 fully saturated rings. The molecular weight excluding hydrogens is 376 g/mol. The molecule has 0 saturated heterocycles. The van der Waals surface area contributed by atoms with E-state index in [1.807, 2.05) is 17.0 Å². The van der Waals surface area contributed by atoms with Gasteiger partial charge in [-0.15, -0.1) is 10.2 Å². The van der Waals surface area contributed by atoms with Crippen molar-refractivity contribution < 1.29 is 14.3 Å². The highest BCUT2D eigenvalue weighted by molar-refractivity contribution is 7.99. The highest BCUT2D eigenvalue weighted by Gasteiger charge is 2.30. The monoisotopic (exact) mass is 402 g/mol. The van der Waals surface area contributed by atoms with Gasteiger partial charge in [0.05, 0.1) is 20.0 Å². The van der Waals surface area contributed by atoms with Crippen LogP contribution in [0.2, 0.25) is 0 Å². The van der Waals surface area contributed by atoms with Crippen molar-refractivity contribution in [2.24, 2.45) is 0 Å². The van der Waals surface area contributed by atoms with Gasteiger partial charge < -0.3 is 18.9 Å². The summed E-state index contributed by atoms with van der Waals surface area (Å²) in [7, 11) is 3.27. The average molecular weight is 403 g/mol. The van der Waals surface area contributed by atoms with Crippen molar-refractivity contribution in [3.63, 3.8) is 0 Å². The normalized spacial score (nSPS) is 16.0. The molecule has 8 heteroatoms. The van der Waals surface area contributed by atoms with E-state index in [2.05, 4.69) is 21.7 Å². The molecule has 0 unspecified atom stereocenters. The fraction of sp³-hybridized carbons (Fsp3) is 0.550. The van der Waals surface area contributed by atoms with Crippen LogP contribution in [0.15, 0.2) is 17.3 Å². The first-order valence-corrected chi connectivity index (χ1v) is 10.7. The second-order valence-corrected chi connectivity index (χ2v) is 8.13. The number of hydrogen-bond donors (Lipinski definition) is 0. The Bertz CT molecular complexity index is 879. The minimum absolute atomic E-state index is 0.129. The van der Waals surface area contributed by atoms with Crippen LogP contribution in [0.1, 0.15) is 42.6 Å². The number of amides is 1. The Hall–Kier alpha value is -2.22. The third kappa shape index (κ3) is 3.70. The van der Waals surface area contributed by atoms with E-state index in [4.69, 9.17) is 9.47 Å². The van der Waals surface area contributed by atoms with Gasteiger partial charge >= 0.3 is 0 Å². The lowest BCUT2D eigenvalue weighted by atomic mass is 9.99. The van der Waals surface area contributed by atoms with Crippen LogP contribution in [0.5, 0.6) is 11.5 Å². The number of nitrogens with zero attached hydrogens (tertiary/aromatic N) is 4. The predicted octanol–water partition coefficient (Wildman–Crippen LogP) is 2.87. The molecule has 0 spiro atoms. The van der Waals surface area contributed by atoms with Crippen LogP contribution in [0, 0.1) is 0 Å². The molecule has 28 heavy (non-hydrogen) atoms. The maximum absolute atomic E-state index is 12.8. The maximum atomic E-state index is 12.8. The topological polar surface area (TPSA) is 69.5 Å². The Kier molecular flexibility index (Phi) is 5.48. The molecule has 0 atom stereocenters. The van der Waals surface area contributed by atoms with E-state index in [1.165, 1.54) is 30.2 Å². The van der Waals surface area contributed by atoms with Gasteiger partial charge in [-0.3, -0.25) is 4.79 Å². The van der Waals surface area contributed by atoms with E-state index in [0.29, 0.717) is 24.0 Å². The van der Waals surface area contributed by atoms with Gasteiger partial charge in [-0.25, -0.2) is 0 Å². The van der Waals surface area contributed by atoms with Gasteiger partial charge in [0, 0.05) is 25.6 Å². The van der Waals surface area contributed by atoms with Gasteiger partial charge in [0.1, 0.15) is 5.82 Å². The first kappa shape index (κ1) is 19.1. The molecule has 0 N–H and O–H groups in total. The van der Waals surface area contributed by atoms with Gasteiger partial charge in [-0.05, 0) is 49.4 Å². The SMILES string of the molecule is CCn1c(SCC(=O)N2CCc3cc(OC)c(OC)cc3C2)nnc1C1CC1.